The van der Waals surface area contributed by atoms with Crippen LogP contribution in [0.25, 0.3) is 5.57 Å². The summed E-state index contributed by atoms with van der Waals surface area (Å²) in [5.74, 6) is 0.0711. The van der Waals surface area contributed by atoms with Gasteiger partial charge in [-0.15, -0.1) is 0 Å². The van der Waals surface area contributed by atoms with Gasteiger partial charge in [-0.1, -0.05) is 44.2 Å². The van der Waals surface area contributed by atoms with E-state index in [0.717, 1.165) is 75.8 Å². The van der Waals surface area contributed by atoms with E-state index in [1.807, 2.05) is 17.9 Å². The standard InChI is InChI=1S/C27H39N3O3/c1-4-20(5-2)28-25(31)23-19-27(24-10-8-7-9-22(23)24)13-17-29(18-14-27)21-11-15-30(16-12-21)26(32)33-6-3/h7-10,19-21H,4-6,11-18H2,1-3H3,(H,28,31). The lowest BCUT2D eigenvalue weighted by Crippen LogP contribution is -2.51. The molecule has 2 saturated heterocycles. The SMILES string of the molecule is CCOC(=O)N1CCC(N2CCC3(C=C(C(=O)NC(CC)CC)c4ccccc43)CC2)CC1. The molecule has 1 N–H and O–H groups in total. The average molecular weight is 454 g/mol. The van der Waals surface area contributed by atoms with E-state index in [1.165, 1.54) is 5.56 Å². The summed E-state index contributed by atoms with van der Waals surface area (Å²) >= 11 is 0. The van der Waals surface area contributed by atoms with Gasteiger partial charge < -0.3 is 19.9 Å². The Hall–Kier alpha value is -2.34. The van der Waals surface area contributed by atoms with Gasteiger partial charge in [0.25, 0.3) is 5.91 Å². The number of hydrogen-bond donors (Lipinski definition) is 1. The van der Waals surface area contributed by atoms with Gasteiger partial charge in [0.2, 0.25) is 0 Å². The second kappa shape index (κ2) is 10.3. The van der Waals surface area contributed by atoms with Crippen molar-refractivity contribution in [3.63, 3.8) is 0 Å². The number of likely N-dealkylation sites (tertiary alicyclic amines) is 2. The molecule has 6 nitrogen and oxygen atoms in total. The van der Waals surface area contributed by atoms with E-state index >= 15 is 0 Å². The van der Waals surface area contributed by atoms with E-state index in [-0.39, 0.29) is 23.5 Å². The minimum atomic E-state index is -0.180. The largest absolute Gasteiger partial charge is 0.450 e. The van der Waals surface area contributed by atoms with Crippen LogP contribution in [0.5, 0.6) is 0 Å². The monoisotopic (exact) mass is 453 g/mol. The highest BCUT2D eigenvalue weighted by molar-refractivity contribution is 6.21. The molecule has 1 spiro atoms. The first-order chi connectivity index (χ1) is 16.0. The minimum absolute atomic E-state index is 0.0423. The van der Waals surface area contributed by atoms with Crippen molar-refractivity contribution in [3.8, 4) is 0 Å². The highest BCUT2D eigenvalue weighted by Gasteiger charge is 2.43. The molecular formula is C27H39N3O3. The molecule has 2 fully saturated rings. The van der Waals surface area contributed by atoms with Crippen LogP contribution in [0.1, 0.15) is 70.4 Å². The van der Waals surface area contributed by atoms with Gasteiger partial charge in [-0.2, -0.15) is 0 Å². The first-order valence-electron chi connectivity index (χ1n) is 12.8. The van der Waals surface area contributed by atoms with Crippen molar-refractivity contribution in [2.75, 3.05) is 32.8 Å². The van der Waals surface area contributed by atoms with Crippen molar-refractivity contribution < 1.29 is 14.3 Å². The molecule has 2 aliphatic heterocycles. The maximum Gasteiger partial charge on any atom is 0.409 e. The van der Waals surface area contributed by atoms with Crippen LogP contribution < -0.4 is 5.32 Å². The molecule has 3 aliphatic rings. The molecule has 0 saturated carbocycles. The number of carbonyl (C=O) groups is 2. The van der Waals surface area contributed by atoms with Crippen molar-refractivity contribution in [2.45, 2.75) is 76.8 Å². The van der Waals surface area contributed by atoms with E-state index in [9.17, 15) is 9.59 Å². The summed E-state index contributed by atoms with van der Waals surface area (Å²) in [4.78, 5) is 29.6. The summed E-state index contributed by atoms with van der Waals surface area (Å²) in [6, 6.07) is 9.23. The molecule has 6 heteroatoms. The Bertz CT molecular complexity index is 876. The van der Waals surface area contributed by atoms with Crippen LogP contribution in [0.2, 0.25) is 0 Å². The zero-order chi connectivity index (χ0) is 23.4. The maximum atomic E-state index is 13.2. The molecule has 0 unspecified atom stereocenters. The van der Waals surface area contributed by atoms with Gasteiger partial charge in [0.05, 0.1) is 6.61 Å². The van der Waals surface area contributed by atoms with E-state index in [0.29, 0.717) is 12.6 Å². The summed E-state index contributed by atoms with van der Waals surface area (Å²) in [5.41, 5.74) is 3.24. The second-order valence-electron chi connectivity index (χ2n) is 9.70. The third kappa shape index (κ3) is 4.81. The summed E-state index contributed by atoms with van der Waals surface area (Å²) < 4.78 is 5.16. The molecular weight excluding hydrogens is 414 g/mol. The molecule has 1 aliphatic carbocycles. The van der Waals surface area contributed by atoms with Gasteiger partial charge in [-0.25, -0.2) is 4.79 Å². The molecule has 4 rings (SSSR count). The van der Waals surface area contributed by atoms with Gasteiger partial charge in [-0.05, 0) is 69.7 Å². The van der Waals surface area contributed by atoms with Gasteiger partial charge >= 0.3 is 6.09 Å². The molecule has 0 aromatic heterocycles. The number of nitrogens with one attached hydrogen (secondary N) is 1. The Balaban J connectivity index is 1.42. The lowest BCUT2D eigenvalue weighted by molar-refractivity contribution is -0.116. The first-order valence-corrected chi connectivity index (χ1v) is 12.8. The van der Waals surface area contributed by atoms with Crippen LogP contribution >= 0.6 is 0 Å². The number of carbonyl (C=O) groups excluding carboxylic acids is 2. The Morgan fingerprint density at radius 1 is 1.06 bits per heavy atom. The number of fused-ring (bicyclic) bond motifs is 2. The van der Waals surface area contributed by atoms with E-state index in [1.54, 1.807) is 0 Å². The summed E-state index contributed by atoms with van der Waals surface area (Å²) in [6.07, 6.45) is 8.06. The fraction of sp³-hybridized carbons (Fsp3) is 0.630. The predicted octanol–water partition coefficient (Wildman–Crippen LogP) is 4.34. The van der Waals surface area contributed by atoms with Crippen molar-refractivity contribution in [2.24, 2.45) is 0 Å². The predicted molar refractivity (Wildman–Crippen MR) is 131 cm³/mol. The normalized spacial score (nSPS) is 20.6. The van der Waals surface area contributed by atoms with E-state index in [2.05, 4.69) is 48.3 Å². The topological polar surface area (TPSA) is 61.9 Å². The number of amides is 2. The highest BCUT2D eigenvalue weighted by Crippen LogP contribution is 2.47. The molecule has 2 amide bonds. The number of hydrogen-bond acceptors (Lipinski definition) is 4. The van der Waals surface area contributed by atoms with Crippen LogP contribution in [-0.4, -0.2) is 66.7 Å². The molecule has 33 heavy (non-hydrogen) atoms. The number of rotatable bonds is 6. The van der Waals surface area contributed by atoms with Gasteiger partial charge in [0, 0.05) is 36.2 Å². The van der Waals surface area contributed by atoms with Crippen LogP contribution in [0.3, 0.4) is 0 Å². The fourth-order valence-corrected chi connectivity index (χ4v) is 5.86. The molecule has 2 heterocycles. The van der Waals surface area contributed by atoms with Crippen LogP contribution in [0.15, 0.2) is 30.3 Å². The summed E-state index contributed by atoms with van der Waals surface area (Å²) in [5, 5.41) is 3.24. The third-order valence-electron chi connectivity index (χ3n) is 7.94. The summed E-state index contributed by atoms with van der Waals surface area (Å²) in [6.45, 7) is 10.1. The smallest absolute Gasteiger partial charge is 0.409 e. The van der Waals surface area contributed by atoms with Gasteiger partial charge in [0.1, 0.15) is 0 Å². The molecule has 1 aromatic rings. The summed E-state index contributed by atoms with van der Waals surface area (Å²) in [7, 11) is 0. The van der Waals surface area contributed by atoms with Crippen molar-refractivity contribution in [1.29, 1.82) is 0 Å². The maximum absolute atomic E-state index is 13.2. The Morgan fingerprint density at radius 3 is 2.36 bits per heavy atom. The van der Waals surface area contributed by atoms with Crippen molar-refractivity contribution in [3.05, 3.63) is 41.5 Å². The number of piperidine rings is 2. The Kier molecular flexibility index (Phi) is 7.42. The third-order valence-corrected chi connectivity index (χ3v) is 7.94. The lowest BCUT2D eigenvalue weighted by Gasteiger charge is -2.44. The van der Waals surface area contributed by atoms with Crippen LogP contribution in [-0.2, 0) is 14.9 Å². The average Bonchev–Trinajstić information content (AvgIpc) is 3.17. The zero-order valence-corrected chi connectivity index (χ0v) is 20.4. The van der Waals surface area contributed by atoms with E-state index in [4.69, 9.17) is 4.74 Å². The highest BCUT2D eigenvalue weighted by atomic mass is 16.6. The molecule has 180 valence electrons. The van der Waals surface area contributed by atoms with Crippen molar-refractivity contribution >= 4 is 17.6 Å². The van der Waals surface area contributed by atoms with Gasteiger partial charge in [-0.3, -0.25) is 4.79 Å². The first kappa shape index (κ1) is 23.8. The van der Waals surface area contributed by atoms with Crippen LogP contribution in [0.4, 0.5) is 4.79 Å². The Labute approximate surface area is 198 Å². The zero-order valence-electron chi connectivity index (χ0n) is 20.4. The molecule has 0 bridgehead atoms. The number of benzene rings is 1. The van der Waals surface area contributed by atoms with E-state index < -0.39 is 0 Å². The number of allylic oxidation sites excluding steroid dienone is 1. The van der Waals surface area contributed by atoms with Gasteiger partial charge in [0.15, 0.2) is 0 Å². The second-order valence-corrected chi connectivity index (χ2v) is 9.70. The minimum Gasteiger partial charge on any atom is -0.450 e. The quantitative estimate of drug-likeness (QED) is 0.696. The van der Waals surface area contributed by atoms with Crippen LogP contribution in [0, 0.1) is 0 Å². The van der Waals surface area contributed by atoms with Crippen molar-refractivity contribution in [1.82, 2.24) is 15.1 Å². The number of ether oxygens (including phenoxy) is 1. The lowest BCUT2D eigenvalue weighted by atomic mass is 9.74. The fourth-order valence-electron chi connectivity index (χ4n) is 5.86. The molecule has 0 radical (unpaired) electrons. The molecule has 1 aromatic carbocycles. The Morgan fingerprint density at radius 2 is 1.73 bits per heavy atom. The number of nitrogens with zero attached hydrogens (tertiary/aromatic N) is 2. The molecule has 0 atom stereocenters.